The second kappa shape index (κ2) is 13.3. The molecule has 2 amide bonds. The van der Waals surface area contributed by atoms with Crippen LogP contribution in [0.25, 0.3) is 0 Å². The van der Waals surface area contributed by atoms with Crippen LogP contribution in [-0.4, -0.2) is 24.7 Å². The average Bonchev–Trinajstić information content (AvgIpc) is 2.96. The molecule has 0 radical (unpaired) electrons. The number of carbonyl (C=O) groups is 1. The fraction of sp³-hybridized carbons (Fsp3) is 0.394. The van der Waals surface area contributed by atoms with Crippen molar-refractivity contribution in [3.63, 3.8) is 0 Å². The van der Waals surface area contributed by atoms with E-state index in [1.165, 1.54) is 5.56 Å². The highest BCUT2D eigenvalue weighted by molar-refractivity contribution is 5.75. The van der Waals surface area contributed by atoms with Crippen LogP contribution in [0.4, 0.5) is 4.79 Å². The van der Waals surface area contributed by atoms with E-state index in [-0.39, 0.29) is 12.1 Å². The van der Waals surface area contributed by atoms with E-state index in [1.807, 2.05) is 67.6 Å². The first-order valence-corrected chi connectivity index (χ1v) is 13.9. The van der Waals surface area contributed by atoms with Crippen molar-refractivity contribution in [3.8, 4) is 6.07 Å². The van der Waals surface area contributed by atoms with E-state index in [9.17, 15) is 10.1 Å². The van der Waals surface area contributed by atoms with Gasteiger partial charge in [0.05, 0.1) is 12.1 Å². The van der Waals surface area contributed by atoms with E-state index in [2.05, 4.69) is 59.3 Å². The molecule has 1 fully saturated rings. The molecule has 0 heterocycles. The van der Waals surface area contributed by atoms with E-state index in [0.29, 0.717) is 12.0 Å². The molecule has 3 N–H and O–H groups in total. The molecule has 4 rings (SSSR count). The summed E-state index contributed by atoms with van der Waals surface area (Å²) in [6.07, 6.45) is 5.38. The zero-order valence-corrected chi connectivity index (χ0v) is 22.6. The van der Waals surface area contributed by atoms with Gasteiger partial charge >= 0.3 is 6.03 Å². The third-order valence-corrected chi connectivity index (χ3v) is 8.12. The smallest absolute Gasteiger partial charge is 0.315 e. The van der Waals surface area contributed by atoms with Crippen LogP contribution in [0.3, 0.4) is 0 Å². The van der Waals surface area contributed by atoms with E-state index in [0.717, 1.165) is 49.8 Å². The molecule has 5 nitrogen and oxygen atoms in total. The van der Waals surface area contributed by atoms with Gasteiger partial charge in [0.25, 0.3) is 0 Å². The molecular formula is C33H40N4O. The summed E-state index contributed by atoms with van der Waals surface area (Å²) < 4.78 is 0. The number of amides is 2. The van der Waals surface area contributed by atoms with Crippen LogP contribution >= 0.6 is 0 Å². The third-order valence-electron chi connectivity index (χ3n) is 8.12. The first kappa shape index (κ1) is 27.4. The van der Waals surface area contributed by atoms with Crippen LogP contribution in [0.5, 0.6) is 0 Å². The minimum Gasteiger partial charge on any atom is -0.335 e. The van der Waals surface area contributed by atoms with E-state index < -0.39 is 11.5 Å². The van der Waals surface area contributed by atoms with E-state index in [1.54, 1.807) is 0 Å². The van der Waals surface area contributed by atoms with Gasteiger partial charge in [-0.15, -0.1) is 0 Å². The Kier molecular flexibility index (Phi) is 9.56. The van der Waals surface area contributed by atoms with Crippen molar-refractivity contribution in [3.05, 3.63) is 108 Å². The van der Waals surface area contributed by atoms with Gasteiger partial charge in [-0.05, 0) is 75.1 Å². The van der Waals surface area contributed by atoms with Gasteiger partial charge in [-0.2, -0.15) is 5.26 Å². The number of nitrogens with one attached hydrogen (secondary N) is 3. The van der Waals surface area contributed by atoms with Gasteiger partial charge in [-0.1, -0.05) is 91.0 Å². The lowest BCUT2D eigenvalue weighted by molar-refractivity contribution is 0.219. The van der Waals surface area contributed by atoms with Crippen molar-refractivity contribution in [2.24, 2.45) is 5.92 Å². The Balaban J connectivity index is 1.28. The maximum atomic E-state index is 13.1. The molecule has 3 aromatic carbocycles. The maximum Gasteiger partial charge on any atom is 0.315 e. The van der Waals surface area contributed by atoms with Crippen molar-refractivity contribution in [1.82, 2.24) is 16.0 Å². The summed E-state index contributed by atoms with van der Waals surface area (Å²) in [6.45, 7) is 5.14. The molecule has 0 bridgehead atoms. The lowest BCUT2D eigenvalue weighted by atomic mass is 9.70. The lowest BCUT2D eigenvalue weighted by Crippen LogP contribution is -2.53. The Bertz CT molecular complexity index is 1130. The van der Waals surface area contributed by atoms with Crippen LogP contribution in [-0.2, 0) is 5.41 Å². The summed E-state index contributed by atoms with van der Waals surface area (Å²) in [5.74, 6) is 0.688. The zero-order chi connectivity index (χ0) is 26.8. The van der Waals surface area contributed by atoms with E-state index >= 15 is 0 Å². The molecule has 0 spiro atoms. The lowest BCUT2D eigenvalue weighted by Gasteiger charge is -2.35. The molecule has 1 aliphatic carbocycles. The molecular weight excluding hydrogens is 468 g/mol. The minimum absolute atomic E-state index is 0.166. The number of nitrogens with zero attached hydrogens (tertiary/aromatic N) is 1. The van der Waals surface area contributed by atoms with E-state index in [4.69, 9.17) is 0 Å². The molecule has 5 heteroatoms. The van der Waals surface area contributed by atoms with Gasteiger partial charge in [0.2, 0.25) is 0 Å². The van der Waals surface area contributed by atoms with Gasteiger partial charge in [0, 0.05) is 12.1 Å². The van der Waals surface area contributed by atoms with Crippen molar-refractivity contribution < 1.29 is 4.79 Å². The molecule has 2 atom stereocenters. The molecule has 1 aliphatic rings. The Labute approximate surface area is 227 Å². The van der Waals surface area contributed by atoms with Crippen molar-refractivity contribution in [1.29, 1.82) is 5.26 Å². The summed E-state index contributed by atoms with van der Waals surface area (Å²) in [6, 6.07) is 32.5. The fourth-order valence-corrected chi connectivity index (χ4v) is 5.79. The monoisotopic (exact) mass is 508 g/mol. The fourth-order valence-electron chi connectivity index (χ4n) is 5.79. The zero-order valence-electron chi connectivity index (χ0n) is 22.6. The van der Waals surface area contributed by atoms with Gasteiger partial charge in [-0.25, -0.2) is 4.79 Å². The van der Waals surface area contributed by atoms with Crippen LogP contribution in [0, 0.1) is 17.2 Å². The van der Waals surface area contributed by atoms with Gasteiger partial charge < -0.3 is 16.0 Å². The molecule has 3 aromatic rings. The molecule has 0 unspecified atom stereocenters. The summed E-state index contributed by atoms with van der Waals surface area (Å²) in [4.78, 5) is 13.1. The summed E-state index contributed by atoms with van der Waals surface area (Å²) in [5, 5.41) is 20.4. The standard InChI is InChI=1S/C33H40N4O/c1-25(28-12-6-3-7-13-28)35-23-22-27-18-20-31(21-19-27)37-32(38)36-26(2)33(24-34,29-14-8-4-9-15-29)30-16-10-5-11-17-30/h3-17,25-27,31,35H,18-23H2,1-2H3,(H2,36,37,38)/t25-,26+,27?,31?/m1/s1. The highest BCUT2D eigenvalue weighted by atomic mass is 16.2. The highest BCUT2D eigenvalue weighted by Gasteiger charge is 2.41. The third kappa shape index (κ3) is 6.62. The normalized spacial score (nSPS) is 19.1. The van der Waals surface area contributed by atoms with Crippen LogP contribution in [0.15, 0.2) is 91.0 Å². The molecule has 38 heavy (non-hydrogen) atoms. The Morgan fingerprint density at radius 3 is 1.92 bits per heavy atom. The van der Waals surface area contributed by atoms with Crippen molar-refractivity contribution >= 4 is 6.03 Å². The minimum atomic E-state index is -0.985. The van der Waals surface area contributed by atoms with Crippen LogP contribution < -0.4 is 16.0 Å². The molecule has 0 saturated heterocycles. The first-order valence-electron chi connectivity index (χ1n) is 13.9. The maximum absolute atomic E-state index is 13.1. The molecule has 1 saturated carbocycles. The Hall–Kier alpha value is -3.62. The predicted octanol–water partition coefficient (Wildman–Crippen LogP) is 6.48. The Morgan fingerprint density at radius 1 is 0.868 bits per heavy atom. The number of hydrogen-bond acceptors (Lipinski definition) is 3. The molecule has 198 valence electrons. The Morgan fingerprint density at radius 2 is 1.39 bits per heavy atom. The highest BCUT2D eigenvalue weighted by Crippen LogP contribution is 2.35. The number of hydrogen-bond donors (Lipinski definition) is 3. The SMILES string of the molecule is C[C@H](NC(=O)NC1CCC(CCN[C@H](C)c2ccccc2)CC1)C(C#N)(c1ccccc1)c1ccccc1. The predicted molar refractivity (Wildman–Crippen MR) is 154 cm³/mol. The number of rotatable bonds is 10. The van der Waals surface area contributed by atoms with Crippen molar-refractivity contribution in [2.45, 2.75) is 69.5 Å². The number of carbonyl (C=O) groups excluding carboxylic acids is 1. The summed E-state index contributed by atoms with van der Waals surface area (Å²) in [7, 11) is 0. The second-order valence-electron chi connectivity index (χ2n) is 10.6. The number of urea groups is 1. The summed E-state index contributed by atoms with van der Waals surface area (Å²) in [5.41, 5.74) is 2.08. The van der Waals surface area contributed by atoms with Gasteiger partial charge in [-0.3, -0.25) is 0 Å². The first-order chi connectivity index (χ1) is 18.5. The van der Waals surface area contributed by atoms with Crippen LogP contribution in [0.1, 0.15) is 68.7 Å². The number of benzene rings is 3. The topological polar surface area (TPSA) is 77.0 Å². The van der Waals surface area contributed by atoms with Gasteiger partial charge in [0.15, 0.2) is 0 Å². The molecule has 0 aromatic heterocycles. The largest absolute Gasteiger partial charge is 0.335 e. The molecule has 0 aliphatic heterocycles. The average molecular weight is 509 g/mol. The second-order valence-corrected chi connectivity index (χ2v) is 10.6. The van der Waals surface area contributed by atoms with Gasteiger partial charge in [0.1, 0.15) is 5.41 Å². The number of nitriles is 1. The quantitative estimate of drug-likeness (QED) is 0.293. The van der Waals surface area contributed by atoms with Crippen molar-refractivity contribution in [2.75, 3.05) is 6.54 Å². The summed E-state index contributed by atoms with van der Waals surface area (Å²) >= 11 is 0. The van der Waals surface area contributed by atoms with Crippen LogP contribution in [0.2, 0.25) is 0 Å².